The predicted octanol–water partition coefficient (Wildman–Crippen LogP) is -0.0336. The van der Waals surface area contributed by atoms with Gasteiger partial charge in [0.25, 0.3) is 5.69 Å². The standard InChI is InChI=1S/C6H6N2O3.Mg.2H/c7-5-2-1-4(8(10)11)3-6(5)9;;;/h1-3,9H,7H2;;;. The first-order valence-corrected chi connectivity index (χ1v) is 2.84. The van der Waals surface area contributed by atoms with E-state index < -0.39 is 4.92 Å². The summed E-state index contributed by atoms with van der Waals surface area (Å²) < 4.78 is 0. The summed E-state index contributed by atoms with van der Waals surface area (Å²) in [5, 5.41) is 19.0. The number of phenolic OH excluding ortho intramolecular Hbond substituents is 1. The molecule has 1 rings (SSSR count). The third-order valence-corrected chi connectivity index (χ3v) is 1.22. The van der Waals surface area contributed by atoms with Crippen molar-refractivity contribution in [3.63, 3.8) is 0 Å². The maximum absolute atomic E-state index is 10.1. The molecular weight excluding hydrogens is 172 g/mol. The minimum Gasteiger partial charge on any atom is -0.506 e. The Balaban J connectivity index is 0.00000121. The highest BCUT2D eigenvalue weighted by Gasteiger charge is 2.06. The zero-order chi connectivity index (χ0) is 8.43. The average Bonchev–Trinajstić information content (AvgIpc) is 1.94. The van der Waals surface area contributed by atoms with Crippen LogP contribution in [0, 0.1) is 10.1 Å². The summed E-state index contributed by atoms with van der Waals surface area (Å²) in [4.78, 5) is 9.52. The highest BCUT2D eigenvalue weighted by Crippen LogP contribution is 2.24. The highest BCUT2D eigenvalue weighted by molar-refractivity contribution is 5.75. The lowest BCUT2D eigenvalue weighted by Crippen LogP contribution is -1.89. The van der Waals surface area contributed by atoms with E-state index in [1.807, 2.05) is 0 Å². The summed E-state index contributed by atoms with van der Waals surface area (Å²) in [5.41, 5.74) is 5.18. The lowest BCUT2D eigenvalue weighted by Gasteiger charge is -1.95. The molecule has 1 aromatic rings. The van der Waals surface area contributed by atoms with Crippen LogP contribution >= 0.6 is 0 Å². The van der Waals surface area contributed by atoms with Gasteiger partial charge >= 0.3 is 23.1 Å². The van der Waals surface area contributed by atoms with E-state index in [-0.39, 0.29) is 40.2 Å². The third-order valence-electron chi connectivity index (χ3n) is 1.22. The van der Waals surface area contributed by atoms with Gasteiger partial charge in [0.15, 0.2) is 0 Å². The number of phenols is 1. The van der Waals surface area contributed by atoms with Gasteiger partial charge in [-0.05, 0) is 6.07 Å². The number of hydrogen-bond donors (Lipinski definition) is 2. The van der Waals surface area contributed by atoms with Gasteiger partial charge in [0, 0.05) is 6.07 Å². The molecule has 0 radical (unpaired) electrons. The SMILES string of the molecule is Nc1ccc([N+](=O)[O-])cc1O.[MgH2]. The number of anilines is 1. The molecule has 0 saturated heterocycles. The van der Waals surface area contributed by atoms with E-state index in [9.17, 15) is 10.1 Å². The van der Waals surface area contributed by atoms with Gasteiger partial charge in [0.1, 0.15) is 5.75 Å². The van der Waals surface area contributed by atoms with E-state index in [4.69, 9.17) is 10.8 Å². The van der Waals surface area contributed by atoms with Crippen molar-refractivity contribution in [3.8, 4) is 5.75 Å². The zero-order valence-electron chi connectivity index (χ0n) is 5.52. The van der Waals surface area contributed by atoms with Gasteiger partial charge in [-0.25, -0.2) is 0 Å². The number of nitrogens with zero attached hydrogens (tertiary/aromatic N) is 1. The topological polar surface area (TPSA) is 89.4 Å². The Hall–Kier alpha value is -1.01. The number of hydrogen-bond acceptors (Lipinski definition) is 4. The quantitative estimate of drug-likeness (QED) is 0.209. The summed E-state index contributed by atoms with van der Waals surface area (Å²) >= 11 is 0. The smallest absolute Gasteiger partial charge is 0.316 e. The second kappa shape index (κ2) is 4.12. The van der Waals surface area contributed by atoms with Gasteiger partial charge in [-0.3, -0.25) is 10.1 Å². The molecule has 0 aliphatic rings. The minimum absolute atomic E-state index is 0. The fourth-order valence-electron chi connectivity index (χ4n) is 0.646. The van der Waals surface area contributed by atoms with E-state index in [1.54, 1.807) is 0 Å². The number of nitro benzene ring substituents is 1. The molecule has 0 fully saturated rings. The van der Waals surface area contributed by atoms with Crippen molar-refractivity contribution >= 4 is 34.4 Å². The molecule has 0 atom stereocenters. The molecule has 0 aromatic heterocycles. The minimum atomic E-state index is -0.598. The van der Waals surface area contributed by atoms with Crippen molar-refractivity contribution in [2.75, 3.05) is 5.73 Å². The Morgan fingerprint density at radius 1 is 1.50 bits per heavy atom. The second-order valence-electron chi connectivity index (χ2n) is 2.00. The van der Waals surface area contributed by atoms with Crippen molar-refractivity contribution < 1.29 is 10.0 Å². The van der Waals surface area contributed by atoms with Crippen molar-refractivity contribution in [2.24, 2.45) is 0 Å². The van der Waals surface area contributed by atoms with Crippen molar-refractivity contribution in [3.05, 3.63) is 28.3 Å². The number of non-ortho nitro benzene ring substituents is 1. The second-order valence-corrected chi connectivity index (χ2v) is 2.00. The normalized spacial score (nSPS) is 8.67. The fraction of sp³-hybridized carbons (Fsp3) is 0. The molecule has 0 heterocycles. The van der Waals surface area contributed by atoms with Gasteiger partial charge in [0.2, 0.25) is 0 Å². The summed E-state index contributed by atoms with van der Waals surface area (Å²) in [6, 6.07) is 3.53. The molecule has 5 nitrogen and oxygen atoms in total. The first-order valence-electron chi connectivity index (χ1n) is 2.84. The van der Waals surface area contributed by atoms with E-state index in [0.717, 1.165) is 6.07 Å². The van der Waals surface area contributed by atoms with Gasteiger partial charge in [-0.15, -0.1) is 0 Å². The zero-order valence-corrected chi connectivity index (χ0v) is 5.52. The van der Waals surface area contributed by atoms with E-state index >= 15 is 0 Å². The van der Waals surface area contributed by atoms with E-state index in [0.29, 0.717) is 0 Å². The van der Waals surface area contributed by atoms with Crippen LogP contribution in [0.4, 0.5) is 11.4 Å². The Morgan fingerprint density at radius 3 is 2.50 bits per heavy atom. The van der Waals surface area contributed by atoms with Crippen molar-refractivity contribution in [1.82, 2.24) is 0 Å². The molecule has 3 N–H and O–H groups in total. The van der Waals surface area contributed by atoms with Gasteiger partial charge < -0.3 is 10.8 Å². The fourth-order valence-corrected chi connectivity index (χ4v) is 0.646. The number of nitrogens with two attached hydrogens (primary N) is 1. The Kier molecular flexibility index (Phi) is 3.77. The molecule has 0 saturated carbocycles. The maximum atomic E-state index is 10.1. The maximum Gasteiger partial charge on any atom is 0.316 e. The van der Waals surface area contributed by atoms with Crippen molar-refractivity contribution in [1.29, 1.82) is 0 Å². The van der Waals surface area contributed by atoms with E-state index in [1.165, 1.54) is 12.1 Å². The lowest BCUT2D eigenvalue weighted by molar-refractivity contribution is -0.384. The first kappa shape index (κ1) is 11.0. The number of benzene rings is 1. The monoisotopic (exact) mass is 180 g/mol. The first-order chi connectivity index (χ1) is 5.11. The molecule has 0 bridgehead atoms. The van der Waals surface area contributed by atoms with Crippen LogP contribution in [0.3, 0.4) is 0 Å². The molecule has 0 spiro atoms. The average molecular weight is 180 g/mol. The van der Waals surface area contributed by atoms with Gasteiger partial charge in [-0.1, -0.05) is 0 Å². The van der Waals surface area contributed by atoms with Crippen LogP contribution in [0.25, 0.3) is 0 Å². The Morgan fingerprint density at radius 2 is 2.08 bits per heavy atom. The third kappa shape index (κ3) is 2.24. The number of rotatable bonds is 1. The molecule has 6 heteroatoms. The number of nitro groups is 1. The van der Waals surface area contributed by atoms with Crippen LogP contribution in [-0.4, -0.2) is 33.1 Å². The molecule has 0 amide bonds. The van der Waals surface area contributed by atoms with Crippen LogP contribution in [0.5, 0.6) is 5.75 Å². The van der Waals surface area contributed by atoms with Gasteiger partial charge in [-0.2, -0.15) is 0 Å². The molecule has 1 aromatic carbocycles. The number of nitrogen functional groups attached to an aromatic ring is 1. The predicted molar refractivity (Wildman–Crippen MR) is 47.7 cm³/mol. The summed E-state index contributed by atoms with van der Waals surface area (Å²) in [5.74, 6) is -0.265. The largest absolute Gasteiger partial charge is 0.506 e. The van der Waals surface area contributed by atoms with Crippen LogP contribution in [0.2, 0.25) is 0 Å². The molecule has 12 heavy (non-hydrogen) atoms. The van der Waals surface area contributed by atoms with Crippen LogP contribution in [0.15, 0.2) is 18.2 Å². The molecular formula is C6H8MgN2O3. The molecule has 0 unspecified atom stereocenters. The van der Waals surface area contributed by atoms with Crippen molar-refractivity contribution in [2.45, 2.75) is 0 Å². The highest BCUT2D eigenvalue weighted by atomic mass is 24.3. The molecule has 62 valence electrons. The summed E-state index contributed by atoms with van der Waals surface area (Å²) in [6.45, 7) is 0. The van der Waals surface area contributed by atoms with Crippen LogP contribution in [-0.2, 0) is 0 Å². The van der Waals surface area contributed by atoms with Crippen LogP contribution in [0.1, 0.15) is 0 Å². The summed E-state index contributed by atoms with van der Waals surface area (Å²) in [7, 11) is 0. The van der Waals surface area contributed by atoms with E-state index in [2.05, 4.69) is 0 Å². The van der Waals surface area contributed by atoms with Crippen LogP contribution < -0.4 is 5.73 Å². The molecule has 0 aliphatic heterocycles. The lowest BCUT2D eigenvalue weighted by atomic mass is 10.3. The Labute approximate surface area is 84.5 Å². The Bertz CT molecular complexity index is 303. The van der Waals surface area contributed by atoms with Gasteiger partial charge in [0.05, 0.1) is 16.7 Å². The molecule has 0 aliphatic carbocycles. The number of aromatic hydroxyl groups is 1. The summed E-state index contributed by atoms with van der Waals surface area (Å²) in [6.07, 6.45) is 0.